The van der Waals surface area contributed by atoms with Gasteiger partial charge in [0.15, 0.2) is 0 Å². The van der Waals surface area contributed by atoms with Gasteiger partial charge < -0.3 is 9.88 Å². The van der Waals surface area contributed by atoms with Crippen LogP contribution in [0.5, 0.6) is 0 Å². The molecule has 1 aliphatic rings. The highest BCUT2D eigenvalue weighted by atomic mass is 16.2. The standard InChI is InChI=1S/C17H23N5O2/c1-10-18-12-6-7-22(9-11(12)15(23)19-10)16(24)13-8-14(17(2,3)4)20-21(13)5/h8H,6-7,9H2,1-5H3,(H,18,19,23). The van der Waals surface area contributed by atoms with Crippen LogP contribution in [-0.2, 0) is 25.4 Å². The molecule has 3 rings (SSSR count). The van der Waals surface area contributed by atoms with Gasteiger partial charge in [0.25, 0.3) is 11.5 Å². The third kappa shape index (κ3) is 2.86. The topological polar surface area (TPSA) is 83.9 Å². The zero-order valence-corrected chi connectivity index (χ0v) is 14.8. The van der Waals surface area contributed by atoms with E-state index >= 15 is 0 Å². The predicted molar refractivity (Wildman–Crippen MR) is 89.9 cm³/mol. The molecule has 7 nitrogen and oxygen atoms in total. The summed E-state index contributed by atoms with van der Waals surface area (Å²) in [4.78, 5) is 33.8. The molecule has 0 radical (unpaired) electrons. The van der Waals surface area contributed by atoms with Crippen molar-refractivity contribution >= 4 is 5.91 Å². The number of nitrogens with one attached hydrogen (secondary N) is 1. The molecule has 0 aliphatic carbocycles. The van der Waals surface area contributed by atoms with Gasteiger partial charge in [-0.25, -0.2) is 4.98 Å². The van der Waals surface area contributed by atoms with Gasteiger partial charge in [-0.15, -0.1) is 0 Å². The molecular weight excluding hydrogens is 306 g/mol. The van der Waals surface area contributed by atoms with Crippen molar-refractivity contribution in [2.24, 2.45) is 7.05 Å². The summed E-state index contributed by atoms with van der Waals surface area (Å²) in [7, 11) is 1.78. The molecule has 0 saturated heterocycles. The summed E-state index contributed by atoms with van der Waals surface area (Å²) in [6, 6.07) is 1.84. The number of amides is 1. The van der Waals surface area contributed by atoms with E-state index in [4.69, 9.17) is 0 Å². The predicted octanol–water partition coefficient (Wildman–Crippen LogP) is 1.31. The Kier molecular flexibility index (Phi) is 3.81. The van der Waals surface area contributed by atoms with E-state index in [1.807, 2.05) is 6.07 Å². The number of aryl methyl sites for hydroxylation is 2. The molecule has 128 valence electrons. The molecule has 2 aromatic rings. The van der Waals surface area contributed by atoms with Crippen molar-refractivity contribution in [2.75, 3.05) is 6.54 Å². The molecular formula is C17H23N5O2. The number of carbonyl (C=O) groups is 1. The summed E-state index contributed by atoms with van der Waals surface area (Å²) in [6.45, 7) is 8.80. The van der Waals surface area contributed by atoms with Crippen LogP contribution in [0.3, 0.4) is 0 Å². The van der Waals surface area contributed by atoms with Crippen LogP contribution in [0, 0.1) is 6.92 Å². The van der Waals surface area contributed by atoms with E-state index in [0.717, 1.165) is 11.4 Å². The van der Waals surface area contributed by atoms with Gasteiger partial charge in [0.2, 0.25) is 0 Å². The Morgan fingerprint density at radius 1 is 1.33 bits per heavy atom. The number of aromatic amines is 1. The second-order valence-electron chi connectivity index (χ2n) is 7.34. The lowest BCUT2D eigenvalue weighted by atomic mass is 9.92. The lowest BCUT2D eigenvalue weighted by Gasteiger charge is -2.27. The molecule has 0 fully saturated rings. The van der Waals surface area contributed by atoms with Crippen LogP contribution in [0.15, 0.2) is 10.9 Å². The molecule has 1 amide bonds. The first-order valence-corrected chi connectivity index (χ1v) is 8.09. The highest BCUT2D eigenvalue weighted by molar-refractivity contribution is 5.92. The first-order chi connectivity index (χ1) is 11.2. The first kappa shape index (κ1) is 16.4. The summed E-state index contributed by atoms with van der Waals surface area (Å²) >= 11 is 0. The van der Waals surface area contributed by atoms with E-state index in [-0.39, 0.29) is 23.4 Å². The van der Waals surface area contributed by atoms with Gasteiger partial charge >= 0.3 is 0 Å². The number of carbonyl (C=O) groups excluding carboxylic acids is 1. The second-order valence-corrected chi connectivity index (χ2v) is 7.34. The average Bonchev–Trinajstić information content (AvgIpc) is 2.88. The fourth-order valence-corrected chi connectivity index (χ4v) is 2.92. The Morgan fingerprint density at radius 2 is 2.04 bits per heavy atom. The molecule has 2 aromatic heterocycles. The lowest BCUT2D eigenvalue weighted by Crippen LogP contribution is -2.40. The molecule has 3 heterocycles. The van der Waals surface area contributed by atoms with Gasteiger partial charge in [-0.1, -0.05) is 20.8 Å². The molecule has 24 heavy (non-hydrogen) atoms. The monoisotopic (exact) mass is 329 g/mol. The minimum atomic E-state index is -0.157. The van der Waals surface area contributed by atoms with Crippen LogP contribution in [0.25, 0.3) is 0 Å². The summed E-state index contributed by atoms with van der Waals surface area (Å²) in [6.07, 6.45) is 0.593. The van der Waals surface area contributed by atoms with Crippen molar-refractivity contribution in [2.45, 2.75) is 46.1 Å². The molecule has 1 N–H and O–H groups in total. The van der Waals surface area contributed by atoms with Gasteiger partial charge in [0.05, 0.1) is 23.5 Å². The Labute approximate surface area is 140 Å². The number of fused-ring (bicyclic) bond motifs is 1. The largest absolute Gasteiger partial charge is 0.332 e. The Hall–Kier alpha value is -2.44. The normalized spacial score (nSPS) is 14.6. The van der Waals surface area contributed by atoms with Crippen LogP contribution in [0.2, 0.25) is 0 Å². The van der Waals surface area contributed by atoms with Crippen molar-refractivity contribution < 1.29 is 4.79 Å². The molecule has 0 spiro atoms. The summed E-state index contributed by atoms with van der Waals surface area (Å²) < 4.78 is 1.62. The van der Waals surface area contributed by atoms with Gasteiger partial charge in [-0.3, -0.25) is 14.3 Å². The SMILES string of the molecule is Cc1nc2c(c(=O)[nH]1)CN(C(=O)c1cc(C(C)(C)C)nn1C)CC2. The molecule has 0 atom stereocenters. The van der Waals surface area contributed by atoms with Gasteiger partial charge in [-0.05, 0) is 13.0 Å². The van der Waals surface area contributed by atoms with E-state index in [9.17, 15) is 9.59 Å². The van der Waals surface area contributed by atoms with Crippen molar-refractivity contribution in [3.8, 4) is 0 Å². The highest BCUT2D eigenvalue weighted by Gasteiger charge is 2.28. The van der Waals surface area contributed by atoms with Crippen LogP contribution in [0.4, 0.5) is 0 Å². The minimum Gasteiger partial charge on any atom is -0.332 e. The Balaban J connectivity index is 1.90. The quantitative estimate of drug-likeness (QED) is 0.855. The third-order valence-electron chi connectivity index (χ3n) is 4.34. The summed E-state index contributed by atoms with van der Waals surface area (Å²) in [5, 5.41) is 4.46. The number of H-pyrrole nitrogens is 1. The van der Waals surface area contributed by atoms with Crippen molar-refractivity contribution in [3.63, 3.8) is 0 Å². The van der Waals surface area contributed by atoms with E-state index < -0.39 is 0 Å². The number of aromatic nitrogens is 4. The Bertz CT molecular complexity index is 857. The third-order valence-corrected chi connectivity index (χ3v) is 4.34. The second kappa shape index (κ2) is 5.58. The maximum absolute atomic E-state index is 12.9. The molecule has 0 unspecified atom stereocenters. The maximum Gasteiger partial charge on any atom is 0.272 e. The zero-order chi connectivity index (χ0) is 17.6. The molecule has 0 aromatic carbocycles. The fraction of sp³-hybridized carbons (Fsp3) is 0.529. The highest BCUT2D eigenvalue weighted by Crippen LogP contribution is 2.23. The zero-order valence-electron chi connectivity index (χ0n) is 14.8. The number of rotatable bonds is 1. The Morgan fingerprint density at radius 3 is 2.67 bits per heavy atom. The van der Waals surface area contributed by atoms with E-state index in [1.54, 1.807) is 23.6 Å². The molecule has 1 aliphatic heterocycles. The smallest absolute Gasteiger partial charge is 0.272 e. The fourth-order valence-electron chi connectivity index (χ4n) is 2.92. The van der Waals surface area contributed by atoms with Crippen LogP contribution < -0.4 is 5.56 Å². The van der Waals surface area contributed by atoms with Crippen molar-refractivity contribution in [3.05, 3.63) is 44.9 Å². The lowest BCUT2D eigenvalue weighted by molar-refractivity contribution is 0.0721. The van der Waals surface area contributed by atoms with E-state index in [2.05, 4.69) is 35.8 Å². The van der Waals surface area contributed by atoms with Gasteiger partial charge in [0, 0.05) is 25.4 Å². The maximum atomic E-state index is 12.9. The molecule has 0 saturated carbocycles. The van der Waals surface area contributed by atoms with Gasteiger partial charge in [-0.2, -0.15) is 5.10 Å². The first-order valence-electron chi connectivity index (χ1n) is 8.09. The van der Waals surface area contributed by atoms with Crippen LogP contribution in [0.1, 0.15) is 54.0 Å². The summed E-state index contributed by atoms with van der Waals surface area (Å²) in [5.74, 6) is 0.506. The minimum absolute atomic E-state index is 0.105. The van der Waals surface area contributed by atoms with Crippen LogP contribution in [-0.4, -0.2) is 37.1 Å². The summed E-state index contributed by atoms with van der Waals surface area (Å²) in [5.41, 5.74) is 2.51. The van der Waals surface area contributed by atoms with Crippen molar-refractivity contribution in [1.82, 2.24) is 24.6 Å². The van der Waals surface area contributed by atoms with Crippen molar-refractivity contribution in [1.29, 1.82) is 0 Å². The number of hydrogen-bond acceptors (Lipinski definition) is 4. The molecule has 7 heteroatoms. The van der Waals surface area contributed by atoms with Crippen LogP contribution >= 0.6 is 0 Å². The number of nitrogens with zero attached hydrogens (tertiary/aromatic N) is 4. The average molecular weight is 329 g/mol. The number of hydrogen-bond donors (Lipinski definition) is 1. The van der Waals surface area contributed by atoms with E-state index in [1.165, 1.54) is 0 Å². The van der Waals surface area contributed by atoms with Gasteiger partial charge in [0.1, 0.15) is 11.5 Å². The van der Waals surface area contributed by atoms with E-state index in [0.29, 0.717) is 30.0 Å². The molecule has 0 bridgehead atoms.